The minimum Gasteiger partial charge on any atom is -0.459 e. The van der Waals surface area contributed by atoms with Crippen molar-refractivity contribution in [1.29, 1.82) is 0 Å². The van der Waals surface area contributed by atoms with Gasteiger partial charge in [0.15, 0.2) is 0 Å². The number of pyridine rings is 1. The van der Waals surface area contributed by atoms with E-state index in [0.29, 0.717) is 31.7 Å². The number of benzene rings is 1. The molecular weight excluding hydrogens is 514 g/mol. The quantitative estimate of drug-likeness (QED) is 0.204. The van der Waals surface area contributed by atoms with Crippen LogP contribution in [0.1, 0.15) is 64.4 Å². The van der Waals surface area contributed by atoms with E-state index in [1.165, 1.54) is 34.7 Å². The van der Waals surface area contributed by atoms with E-state index in [1.807, 2.05) is 17.5 Å². The van der Waals surface area contributed by atoms with E-state index < -0.39 is 5.97 Å². The molecular formula is C27H26ClN3O3S2. The van der Waals surface area contributed by atoms with Crippen LogP contribution in [-0.4, -0.2) is 23.0 Å². The van der Waals surface area contributed by atoms with E-state index in [0.717, 1.165) is 47.2 Å². The number of nitrogen functional groups attached to an aromatic ring is 1. The molecule has 0 bridgehead atoms. The van der Waals surface area contributed by atoms with Crippen LogP contribution in [0.2, 0.25) is 5.02 Å². The Labute approximate surface area is 222 Å². The standard InChI is InChI=1S/C27H26ClN3O3S2/c1-14(2)34-27(33)21-19(15-8-10-17(28)11-9-15)13-35-26(21)31-24(32)23-22(29)18-12-16-6-4-3-5-7-20(16)30-25(18)36-23/h8-14H,3-7,29H2,1-2H3,(H,31,32). The highest BCUT2D eigenvalue weighted by atomic mass is 35.5. The van der Waals surface area contributed by atoms with Crippen LogP contribution < -0.4 is 11.1 Å². The molecule has 0 fully saturated rings. The minimum absolute atomic E-state index is 0.307. The number of aryl methyl sites for hydroxylation is 2. The summed E-state index contributed by atoms with van der Waals surface area (Å²) >= 11 is 8.61. The third-order valence-electron chi connectivity index (χ3n) is 6.18. The highest BCUT2D eigenvalue weighted by Gasteiger charge is 2.26. The van der Waals surface area contributed by atoms with Crippen LogP contribution in [-0.2, 0) is 17.6 Å². The maximum Gasteiger partial charge on any atom is 0.342 e. The molecule has 1 aliphatic rings. The molecule has 5 rings (SSSR count). The fourth-order valence-electron chi connectivity index (χ4n) is 4.43. The Morgan fingerprint density at radius 3 is 2.64 bits per heavy atom. The van der Waals surface area contributed by atoms with Crippen LogP contribution in [0, 0.1) is 0 Å². The van der Waals surface area contributed by atoms with Gasteiger partial charge in [0.25, 0.3) is 5.91 Å². The van der Waals surface area contributed by atoms with Gasteiger partial charge in [-0.15, -0.1) is 22.7 Å². The van der Waals surface area contributed by atoms with Gasteiger partial charge in [0.1, 0.15) is 20.3 Å². The van der Waals surface area contributed by atoms with Crippen molar-refractivity contribution in [1.82, 2.24) is 4.98 Å². The number of carbonyl (C=O) groups excluding carboxylic acids is 2. The zero-order chi connectivity index (χ0) is 25.4. The van der Waals surface area contributed by atoms with Crippen LogP contribution in [0.15, 0.2) is 35.7 Å². The van der Waals surface area contributed by atoms with E-state index in [-0.39, 0.29) is 12.0 Å². The Balaban J connectivity index is 1.50. The molecule has 9 heteroatoms. The van der Waals surface area contributed by atoms with Crippen molar-refractivity contribution >= 4 is 67.1 Å². The number of aromatic nitrogens is 1. The summed E-state index contributed by atoms with van der Waals surface area (Å²) in [7, 11) is 0. The highest BCUT2D eigenvalue weighted by molar-refractivity contribution is 7.21. The molecule has 0 aliphatic heterocycles. The summed E-state index contributed by atoms with van der Waals surface area (Å²) in [5.41, 5.74) is 11.0. The number of nitrogens with one attached hydrogen (secondary N) is 1. The lowest BCUT2D eigenvalue weighted by atomic mass is 10.0. The summed E-state index contributed by atoms with van der Waals surface area (Å²) in [6.07, 6.45) is 5.10. The van der Waals surface area contributed by atoms with Crippen LogP contribution in [0.3, 0.4) is 0 Å². The van der Waals surface area contributed by atoms with Gasteiger partial charge >= 0.3 is 5.97 Å². The van der Waals surface area contributed by atoms with Gasteiger partial charge in [0.05, 0.1) is 11.8 Å². The van der Waals surface area contributed by atoms with Crippen molar-refractivity contribution < 1.29 is 14.3 Å². The average Bonchev–Trinajstić information content (AvgIpc) is 3.30. The number of amides is 1. The van der Waals surface area contributed by atoms with E-state index in [1.54, 1.807) is 26.0 Å². The Kier molecular flexibility index (Phi) is 7.01. The predicted octanol–water partition coefficient (Wildman–Crippen LogP) is 7.35. The Bertz CT molecular complexity index is 1460. The molecule has 186 valence electrons. The number of esters is 1. The first-order valence-electron chi connectivity index (χ1n) is 11.9. The largest absolute Gasteiger partial charge is 0.459 e. The monoisotopic (exact) mass is 539 g/mol. The topological polar surface area (TPSA) is 94.3 Å². The van der Waals surface area contributed by atoms with Crippen LogP contribution in [0.4, 0.5) is 10.7 Å². The van der Waals surface area contributed by atoms with Gasteiger partial charge in [0.2, 0.25) is 0 Å². The van der Waals surface area contributed by atoms with E-state index in [2.05, 4.69) is 11.4 Å². The molecule has 1 amide bonds. The second kappa shape index (κ2) is 10.2. The average molecular weight is 540 g/mol. The van der Waals surface area contributed by atoms with Gasteiger partial charge in [0, 0.05) is 27.0 Å². The van der Waals surface area contributed by atoms with Crippen molar-refractivity contribution in [2.45, 2.75) is 52.1 Å². The molecule has 6 nitrogen and oxygen atoms in total. The number of nitrogens with two attached hydrogens (primary N) is 1. The van der Waals surface area contributed by atoms with Gasteiger partial charge in [-0.05, 0) is 68.9 Å². The van der Waals surface area contributed by atoms with Gasteiger partial charge < -0.3 is 15.8 Å². The smallest absolute Gasteiger partial charge is 0.342 e. The van der Waals surface area contributed by atoms with E-state index >= 15 is 0 Å². The van der Waals surface area contributed by atoms with Crippen LogP contribution in [0.25, 0.3) is 21.3 Å². The Hall–Kier alpha value is -2.94. The number of rotatable bonds is 5. The molecule has 0 saturated heterocycles. The number of nitrogens with zero attached hydrogens (tertiary/aromatic N) is 1. The van der Waals surface area contributed by atoms with Crippen molar-refractivity contribution in [3.63, 3.8) is 0 Å². The lowest BCUT2D eigenvalue weighted by Gasteiger charge is -2.11. The molecule has 0 saturated carbocycles. The molecule has 3 heterocycles. The van der Waals surface area contributed by atoms with Crippen molar-refractivity contribution in [3.05, 3.63) is 62.4 Å². The molecule has 0 spiro atoms. The molecule has 4 aromatic rings. The first-order chi connectivity index (χ1) is 17.3. The molecule has 3 N–H and O–H groups in total. The molecule has 0 radical (unpaired) electrons. The van der Waals surface area contributed by atoms with Gasteiger partial charge in [-0.2, -0.15) is 0 Å². The van der Waals surface area contributed by atoms with Crippen molar-refractivity contribution in [3.8, 4) is 11.1 Å². The molecule has 0 atom stereocenters. The molecule has 0 unspecified atom stereocenters. The number of carbonyl (C=O) groups is 2. The summed E-state index contributed by atoms with van der Waals surface area (Å²) in [5.74, 6) is -0.866. The Morgan fingerprint density at radius 1 is 1.14 bits per heavy atom. The van der Waals surface area contributed by atoms with E-state index in [9.17, 15) is 9.59 Å². The van der Waals surface area contributed by atoms with Gasteiger partial charge in [-0.25, -0.2) is 9.78 Å². The van der Waals surface area contributed by atoms with Gasteiger partial charge in [-0.3, -0.25) is 4.79 Å². The maximum absolute atomic E-state index is 13.4. The fraction of sp³-hybridized carbons (Fsp3) is 0.296. The second-order valence-electron chi connectivity index (χ2n) is 9.12. The molecule has 3 aromatic heterocycles. The number of halogens is 1. The normalized spacial score (nSPS) is 13.4. The summed E-state index contributed by atoms with van der Waals surface area (Å²) in [4.78, 5) is 32.5. The molecule has 1 aliphatic carbocycles. The number of anilines is 2. The zero-order valence-corrected chi connectivity index (χ0v) is 22.4. The first kappa shape index (κ1) is 24.7. The number of thiophene rings is 2. The van der Waals surface area contributed by atoms with Crippen molar-refractivity contribution in [2.24, 2.45) is 0 Å². The lowest BCUT2D eigenvalue weighted by Crippen LogP contribution is -2.16. The number of hydrogen-bond donors (Lipinski definition) is 2. The fourth-order valence-corrected chi connectivity index (χ4v) is 6.50. The summed E-state index contributed by atoms with van der Waals surface area (Å²) in [5, 5.41) is 6.58. The van der Waals surface area contributed by atoms with Gasteiger partial charge in [-0.1, -0.05) is 30.2 Å². The second-order valence-corrected chi connectivity index (χ2v) is 11.4. The zero-order valence-electron chi connectivity index (χ0n) is 20.0. The predicted molar refractivity (Wildman–Crippen MR) is 149 cm³/mol. The lowest BCUT2D eigenvalue weighted by molar-refractivity contribution is 0.0380. The van der Waals surface area contributed by atoms with Crippen molar-refractivity contribution in [2.75, 3.05) is 11.1 Å². The van der Waals surface area contributed by atoms with Crippen LogP contribution >= 0.6 is 34.3 Å². The SMILES string of the molecule is CC(C)OC(=O)c1c(-c2ccc(Cl)cc2)csc1NC(=O)c1sc2nc3c(cc2c1N)CCCCC3. The first-order valence-corrected chi connectivity index (χ1v) is 14.0. The third kappa shape index (κ3) is 4.85. The number of hydrogen-bond acceptors (Lipinski definition) is 7. The van der Waals surface area contributed by atoms with Crippen LogP contribution in [0.5, 0.6) is 0 Å². The summed E-state index contributed by atoms with van der Waals surface area (Å²) in [6, 6.07) is 9.29. The third-order valence-corrected chi connectivity index (χ3v) is 8.44. The highest BCUT2D eigenvalue weighted by Crippen LogP contribution is 2.39. The minimum atomic E-state index is -0.499. The molecule has 36 heavy (non-hydrogen) atoms. The number of ether oxygens (including phenoxy) is 1. The number of fused-ring (bicyclic) bond motifs is 2. The molecule has 1 aromatic carbocycles. The summed E-state index contributed by atoms with van der Waals surface area (Å²) < 4.78 is 5.51. The Morgan fingerprint density at radius 2 is 1.89 bits per heavy atom. The summed E-state index contributed by atoms with van der Waals surface area (Å²) in [6.45, 7) is 3.58. The van der Waals surface area contributed by atoms with E-state index in [4.69, 9.17) is 27.1 Å². The maximum atomic E-state index is 13.4.